The van der Waals surface area contributed by atoms with Gasteiger partial charge in [-0.05, 0) is 19.4 Å². The molecular weight excluding hydrogens is 216 g/mol. The highest BCUT2D eigenvalue weighted by Gasteiger charge is 2.14. The molecule has 1 fully saturated rings. The number of anilines is 1. The van der Waals surface area contributed by atoms with Gasteiger partial charge in [0.15, 0.2) is 11.5 Å². The van der Waals surface area contributed by atoms with E-state index in [0.29, 0.717) is 11.7 Å². The normalized spacial score (nSPS) is 21.3. The second-order valence-electron chi connectivity index (χ2n) is 4.36. The monoisotopic (exact) mass is 232 g/mol. The van der Waals surface area contributed by atoms with Crippen LogP contribution in [0.25, 0.3) is 11.2 Å². The van der Waals surface area contributed by atoms with Crippen LogP contribution in [0, 0.1) is 0 Å². The number of hydrogen-bond donors (Lipinski definition) is 3. The molecule has 6 nitrogen and oxygen atoms in total. The lowest BCUT2D eigenvalue weighted by atomic mass is 10.1. The van der Waals surface area contributed by atoms with E-state index in [2.05, 4.69) is 30.6 Å². The number of rotatable bonds is 2. The molecule has 90 valence electrons. The summed E-state index contributed by atoms with van der Waals surface area (Å²) >= 11 is 0. The first kappa shape index (κ1) is 10.5. The van der Waals surface area contributed by atoms with Gasteiger partial charge in [-0.15, -0.1) is 0 Å². The molecule has 0 saturated carbocycles. The van der Waals surface area contributed by atoms with Crippen molar-refractivity contribution in [3.8, 4) is 0 Å². The number of aromatic amines is 1. The molecule has 2 aromatic rings. The van der Waals surface area contributed by atoms with E-state index in [1.54, 1.807) is 12.7 Å². The average Bonchev–Trinajstić information content (AvgIpc) is 2.69. The lowest BCUT2D eigenvalue weighted by molar-refractivity contribution is 0.634. The maximum absolute atomic E-state index is 4.28. The quantitative estimate of drug-likeness (QED) is 0.717. The summed E-state index contributed by atoms with van der Waals surface area (Å²) in [6.07, 6.45) is 6.88. The van der Waals surface area contributed by atoms with Crippen molar-refractivity contribution >= 4 is 17.0 Å². The smallest absolute Gasteiger partial charge is 0.182 e. The predicted octanol–water partition coefficient (Wildman–Crippen LogP) is 0.907. The van der Waals surface area contributed by atoms with Crippen molar-refractivity contribution in [3.05, 3.63) is 12.7 Å². The van der Waals surface area contributed by atoms with Gasteiger partial charge < -0.3 is 15.6 Å². The second kappa shape index (κ2) is 4.67. The molecular formula is C11H16N6. The fourth-order valence-electron chi connectivity index (χ4n) is 2.21. The highest BCUT2D eigenvalue weighted by molar-refractivity contribution is 5.82. The number of nitrogens with one attached hydrogen (secondary N) is 3. The van der Waals surface area contributed by atoms with Gasteiger partial charge in [0.05, 0.1) is 6.33 Å². The number of fused-ring (bicyclic) bond motifs is 1. The molecule has 0 aliphatic carbocycles. The van der Waals surface area contributed by atoms with Gasteiger partial charge in [0, 0.05) is 12.6 Å². The molecule has 0 amide bonds. The van der Waals surface area contributed by atoms with Crippen LogP contribution in [0.5, 0.6) is 0 Å². The van der Waals surface area contributed by atoms with Crippen molar-refractivity contribution in [1.82, 2.24) is 25.3 Å². The molecule has 17 heavy (non-hydrogen) atoms. The first-order valence-corrected chi connectivity index (χ1v) is 6.05. The highest BCUT2D eigenvalue weighted by atomic mass is 15.1. The number of nitrogens with zero attached hydrogens (tertiary/aromatic N) is 3. The SMILES string of the molecule is c1nc(N[C@H]2CCCCNC2)c2[nH]cnc2n1. The third kappa shape index (κ3) is 2.21. The first-order chi connectivity index (χ1) is 8.43. The summed E-state index contributed by atoms with van der Waals surface area (Å²) in [5, 5.41) is 6.89. The lowest BCUT2D eigenvalue weighted by Crippen LogP contribution is -2.31. The third-order valence-electron chi connectivity index (χ3n) is 3.11. The van der Waals surface area contributed by atoms with Gasteiger partial charge in [0.25, 0.3) is 0 Å². The molecule has 1 atom stereocenters. The van der Waals surface area contributed by atoms with Crippen LogP contribution < -0.4 is 10.6 Å². The van der Waals surface area contributed by atoms with E-state index in [9.17, 15) is 0 Å². The fraction of sp³-hybridized carbons (Fsp3) is 0.545. The zero-order valence-electron chi connectivity index (χ0n) is 9.61. The van der Waals surface area contributed by atoms with Crippen molar-refractivity contribution in [2.45, 2.75) is 25.3 Å². The van der Waals surface area contributed by atoms with Gasteiger partial charge in [0.2, 0.25) is 0 Å². The Bertz CT molecular complexity index is 485. The largest absolute Gasteiger partial charge is 0.364 e. The minimum atomic E-state index is 0.430. The zero-order valence-corrected chi connectivity index (χ0v) is 9.61. The number of hydrogen-bond acceptors (Lipinski definition) is 5. The molecule has 3 heterocycles. The number of imidazole rings is 1. The van der Waals surface area contributed by atoms with Gasteiger partial charge in [-0.2, -0.15) is 0 Å². The molecule has 3 rings (SSSR count). The van der Waals surface area contributed by atoms with E-state index in [0.717, 1.165) is 24.4 Å². The molecule has 1 aliphatic heterocycles. The first-order valence-electron chi connectivity index (χ1n) is 6.05. The molecule has 6 heteroatoms. The minimum absolute atomic E-state index is 0.430. The summed E-state index contributed by atoms with van der Waals surface area (Å²) in [4.78, 5) is 15.6. The minimum Gasteiger partial charge on any atom is -0.364 e. The van der Waals surface area contributed by atoms with Crippen LogP contribution in [0.3, 0.4) is 0 Å². The van der Waals surface area contributed by atoms with Crippen LogP contribution in [0.2, 0.25) is 0 Å². The van der Waals surface area contributed by atoms with Crippen LogP contribution in [-0.2, 0) is 0 Å². The van der Waals surface area contributed by atoms with Crippen LogP contribution in [0.4, 0.5) is 5.82 Å². The Balaban J connectivity index is 1.81. The average molecular weight is 232 g/mol. The van der Waals surface area contributed by atoms with Crippen molar-refractivity contribution in [2.75, 3.05) is 18.4 Å². The molecule has 0 spiro atoms. The van der Waals surface area contributed by atoms with Crippen LogP contribution >= 0.6 is 0 Å². The van der Waals surface area contributed by atoms with Crippen LogP contribution in [0.15, 0.2) is 12.7 Å². The summed E-state index contributed by atoms with van der Waals surface area (Å²) in [6, 6.07) is 0.430. The Morgan fingerprint density at radius 2 is 2.24 bits per heavy atom. The maximum atomic E-state index is 4.28. The summed E-state index contributed by atoms with van der Waals surface area (Å²) < 4.78 is 0. The summed E-state index contributed by atoms with van der Waals surface area (Å²) in [5.41, 5.74) is 1.60. The Hall–Kier alpha value is -1.69. The zero-order chi connectivity index (χ0) is 11.5. The maximum Gasteiger partial charge on any atom is 0.182 e. The van der Waals surface area contributed by atoms with Gasteiger partial charge in [-0.25, -0.2) is 15.0 Å². The van der Waals surface area contributed by atoms with Crippen molar-refractivity contribution in [3.63, 3.8) is 0 Å². The predicted molar refractivity (Wildman–Crippen MR) is 65.8 cm³/mol. The van der Waals surface area contributed by atoms with E-state index < -0.39 is 0 Å². The molecule has 0 radical (unpaired) electrons. The number of aromatic nitrogens is 4. The van der Waals surface area contributed by atoms with Crippen molar-refractivity contribution < 1.29 is 0 Å². The molecule has 1 saturated heterocycles. The Morgan fingerprint density at radius 1 is 1.24 bits per heavy atom. The molecule has 0 bridgehead atoms. The molecule has 3 N–H and O–H groups in total. The third-order valence-corrected chi connectivity index (χ3v) is 3.11. The van der Waals surface area contributed by atoms with E-state index in [1.807, 2.05) is 0 Å². The lowest BCUT2D eigenvalue weighted by Gasteiger charge is -2.16. The Morgan fingerprint density at radius 3 is 3.24 bits per heavy atom. The van der Waals surface area contributed by atoms with Crippen molar-refractivity contribution in [1.29, 1.82) is 0 Å². The van der Waals surface area contributed by atoms with E-state index in [-0.39, 0.29) is 0 Å². The molecule has 0 unspecified atom stereocenters. The van der Waals surface area contributed by atoms with E-state index >= 15 is 0 Å². The van der Waals surface area contributed by atoms with Crippen LogP contribution in [-0.4, -0.2) is 39.1 Å². The summed E-state index contributed by atoms with van der Waals surface area (Å²) in [6.45, 7) is 2.10. The van der Waals surface area contributed by atoms with Gasteiger partial charge in [-0.3, -0.25) is 0 Å². The van der Waals surface area contributed by atoms with E-state index in [4.69, 9.17) is 0 Å². The van der Waals surface area contributed by atoms with Gasteiger partial charge >= 0.3 is 0 Å². The van der Waals surface area contributed by atoms with Crippen molar-refractivity contribution in [2.24, 2.45) is 0 Å². The van der Waals surface area contributed by atoms with Crippen LogP contribution in [0.1, 0.15) is 19.3 Å². The topological polar surface area (TPSA) is 78.5 Å². The highest BCUT2D eigenvalue weighted by Crippen LogP contribution is 2.17. The van der Waals surface area contributed by atoms with Gasteiger partial charge in [0.1, 0.15) is 11.8 Å². The number of H-pyrrole nitrogens is 1. The van der Waals surface area contributed by atoms with Gasteiger partial charge in [-0.1, -0.05) is 6.42 Å². The molecule has 2 aromatic heterocycles. The fourth-order valence-corrected chi connectivity index (χ4v) is 2.21. The molecule has 1 aliphatic rings. The summed E-state index contributed by atoms with van der Waals surface area (Å²) in [5.74, 6) is 0.848. The summed E-state index contributed by atoms with van der Waals surface area (Å²) in [7, 11) is 0. The standard InChI is InChI=1S/C11H16N6/c1-2-4-12-5-8(3-1)17-11-9-10(14-6-13-9)15-7-16-11/h6-8,12H,1-5H2,(H2,13,14,15,16,17)/t8-/m0/s1. The van der Waals surface area contributed by atoms with E-state index in [1.165, 1.54) is 19.3 Å². The molecule has 0 aromatic carbocycles. The second-order valence-corrected chi connectivity index (χ2v) is 4.36. The Labute approximate surface area is 99.3 Å². The Kier molecular flexibility index (Phi) is 2.87.